The van der Waals surface area contributed by atoms with Crippen molar-refractivity contribution in [2.24, 2.45) is 4.99 Å². The Morgan fingerprint density at radius 3 is 2.50 bits per heavy atom. The number of rotatable bonds is 8. The van der Waals surface area contributed by atoms with E-state index in [2.05, 4.69) is 61.2 Å². The van der Waals surface area contributed by atoms with E-state index in [9.17, 15) is 0 Å². The molecule has 3 aromatic rings. The predicted molar refractivity (Wildman–Crippen MR) is 133 cm³/mol. The molecular weight excluding hydrogens is 489 g/mol. The van der Waals surface area contributed by atoms with Crippen LogP contribution in [0.4, 0.5) is 0 Å². The Kier molecular flexibility index (Phi) is 9.66. The van der Waals surface area contributed by atoms with E-state index in [4.69, 9.17) is 4.74 Å². The number of nitrogens with one attached hydrogen (secondary N) is 1. The summed E-state index contributed by atoms with van der Waals surface area (Å²) in [5.41, 5.74) is 2.48. The Morgan fingerprint density at radius 1 is 1.10 bits per heavy atom. The normalized spacial score (nSPS) is 11.0. The van der Waals surface area contributed by atoms with Crippen LogP contribution in [0.25, 0.3) is 0 Å². The highest BCUT2D eigenvalue weighted by molar-refractivity contribution is 14.0. The number of ether oxygens (including phenoxy) is 1. The highest BCUT2D eigenvalue weighted by Gasteiger charge is 2.08. The van der Waals surface area contributed by atoms with Gasteiger partial charge in [0.15, 0.2) is 5.96 Å². The number of imidazole rings is 1. The lowest BCUT2D eigenvalue weighted by atomic mass is 10.2. The molecule has 3 rings (SSSR count). The Hall–Kier alpha value is -2.55. The monoisotopic (exact) mass is 519 g/mol. The van der Waals surface area contributed by atoms with Crippen molar-refractivity contribution in [3.63, 3.8) is 0 Å². The number of methoxy groups -OCH3 is 1. The van der Waals surface area contributed by atoms with Crippen LogP contribution in [0, 0.1) is 0 Å². The lowest BCUT2D eigenvalue weighted by Crippen LogP contribution is -2.39. The second-order valence-electron chi connectivity index (χ2n) is 6.89. The molecule has 2 aromatic carbocycles. The molecular formula is C23H30IN5O. The Balaban J connectivity index is 0.00000320. The van der Waals surface area contributed by atoms with Crippen molar-refractivity contribution in [2.75, 3.05) is 27.7 Å². The molecule has 0 aliphatic rings. The molecule has 0 radical (unpaired) electrons. The zero-order valence-electron chi connectivity index (χ0n) is 17.8. The van der Waals surface area contributed by atoms with Crippen LogP contribution in [0.15, 0.2) is 72.0 Å². The van der Waals surface area contributed by atoms with E-state index in [-0.39, 0.29) is 24.0 Å². The van der Waals surface area contributed by atoms with Crippen molar-refractivity contribution in [1.29, 1.82) is 0 Å². The van der Waals surface area contributed by atoms with Gasteiger partial charge in [0.25, 0.3) is 0 Å². The molecule has 0 saturated heterocycles. The van der Waals surface area contributed by atoms with Gasteiger partial charge in [0, 0.05) is 52.5 Å². The molecule has 1 aromatic heterocycles. The lowest BCUT2D eigenvalue weighted by molar-refractivity contribution is 0.414. The number of guanidine groups is 1. The van der Waals surface area contributed by atoms with Crippen molar-refractivity contribution in [1.82, 2.24) is 19.8 Å². The minimum absolute atomic E-state index is 0. The summed E-state index contributed by atoms with van der Waals surface area (Å²) in [5.74, 6) is 2.79. The fourth-order valence-electron chi connectivity index (χ4n) is 3.24. The minimum Gasteiger partial charge on any atom is -0.497 e. The maximum atomic E-state index is 5.22. The van der Waals surface area contributed by atoms with E-state index >= 15 is 0 Å². The van der Waals surface area contributed by atoms with E-state index in [0.29, 0.717) is 0 Å². The molecule has 160 valence electrons. The molecule has 7 heteroatoms. The predicted octanol–water partition coefficient (Wildman–Crippen LogP) is 3.81. The minimum atomic E-state index is 0. The van der Waals surface area contributed by atoms with Crippen LogP contribution in [0.1, 0.15) is 17.0 Å². The molecule has 0 saturated carbocycles. The average molecular weight is 519 g/mol. The van der Waals surface area contributed by atoms with Crippen LogP contribution in [-0.2, 0) is 19.5 Å². The number of halogens is 1. The molecule has 1 N–H and O–H groups in total. The number of aliphatic imine (C=N–C) groups is 1. The molecule has 0 aliphatic carbocycles. The fourth-order valence-corrected chi connectivity index (χ4v) is 3.24. The van der Waals surface area contributed by atoms with E-state index in [1.807, 2.05) is 44.7 Å². The van der Waals surface area contributed by atoms with Crippen LogP contribution in [0.5, 0.6) is 5.75 Å². The van der Waals surface area contributed by atoms with Crippen LogP contribution < -0.4 is 10.1 Å². The molecule has 0 unspecified atom stereocenters. The summed E-state index contributed by atoms with van der Waals surface area (Å²) in [6.45, 7) is 2.38. The van der Waals surface area contributed by atoms with Gasteiger partial charge in [-0.2, -0.15) is 0 Å². The van der Waals surface area contributed by atoms with Crippen molar-refractivity contribution in [3.05, 3.63) is 83.9 Å². The van der Waals surface area contributed by atoms with Gasteiger partial charge in [-0.1, -0.05) is 42.5 Å². The Labute approximate surface area is 196 Å². The van der Waals surface area contributed by atoms with Gasteiger partial charge < -0.3 is 19.5 Å². The van der Waals surface area contributed by atoms with E-state index in [0.717, 1.165) is 43.6 Å². The number of aromatic nitrogens is 2. The summed E-state index contributed by atoms with van der Waals surface area (Å²) in [4.78, 5) is 11.0. The first-order valence-corrected chi connectivity index (χ1v) is 9.78. The van der Waals surface area contributed by atoms with Gasteiger partial charge in [-0.05, 0) is 23.3 Å². The van der Waals surface area contributed by atoms with Crippen molar-refractivity contribution in [2.45, 2.75) is 19.5 Å². The molecule has 6 nitrogen and oxygen atoms in total. The third-order valence-electron chi connectivity index (χ3n) is 4.78. The van der Waals surface area contributed by atoms with Gasteiger partial charge in [-0.15, -0.1) is 24.0 Å². The molecule has 0 bridgehead atoms. The summed E-state index contributed by atoms with van der Waals surface area (Å²) in [6.07, 6.45) is 4.73. The molecule has 0 amide bonds. The number of nitrogens with zero attached hydrogens (tertiary/aromatic N) is 4. The first-order valence-electron chi connectivity index (χ1n) is 9.78. The first-order chi connectivity index (χ1) is 14.2. The molecule has 0 spiro atoms. The van der Waals surface area contributed by atoms with E-state index in [1.54, 1.807) is 7.11 Å². The summed E-state index contributed by atoms with van der Waals surface area (Å²) < 4.78 is 7.42. The van der Waals surface area contributed by atoms with Gasteiger partial charge in [0.1, 0.15) is 11.6 Å². The summed E-state index contributed by atoms with van der Waals surface area (Å²) >= 11 is 0. The van der Waals surface area contributed by atoms with Crippen molar-refractivity contribution < 1.29 is 4.74 Å². The van der Waals surface area contributed by atoms with Crippen LogP contribution >= 0.6 is 24.0 Å². The third kappa shape index (κ3) is 6.76. The van der Waals surface area contributed by atoms with Crippen molar-refractivity contribution in [3.8, 4) is 5.75 Å². The lowest BCUT2D eigenvalue weighted by Gasteiger charge is -2.22. The zero-order chi connectivity index (χ0) is 20.5. The maximum Gasteiger partial charge on any atom is 0.193 e. The number of hydrogen-bond donors (Lipinski definition) is 1. The van der Waals surface area contributed by atoms with E-state index < -0.39 is 0 Å². The van der Waals surface area contributed by atoms with Crippen molar-refractivity contribution >= 4 is 29.9 Å². The smallest absolute Gasteiger partial charge is 0.193 e. The summed E-state index contributed by atoms with van der Waals surface area (Å²) in [6, 6.07) is 18.5. The van der Waals surface area contributed by atoms with Crippen LogP contribution in [-0.4, -0.2) is 48.2 Å². The first kappa shape index (κ1) is 23.7. The highest BCUT2D eigenvalue weighted by Crippen LogP contribution is 2.12. The summed E-state index contributed by atoms with van der Waals surface area (Å²) in [7, 11) is 5.52. The van der Waals surface area contributed by atoms with Crippen LogP contribution in [0.2, 0.25) is 0 Å². The van der Waals surface area contributed by atoms with Crippen LogP contribution in [0.3, 0.4) is 0 Å². The zero-order valence-corrected chi connectivity index (χ0v) is 20.1. The fraction of sp³-hybridized carbons (Fsp3) is 0.304. The van der Waals surface area contributed by atoms with Gasteiger partial charge in [-0.25, -0.2) is 4.98 Å². The van der Waals surface area contributed by atoms with Gasteiger partial charge in [0.05, 0.1) is 7.11 Å². The maximum absolute atomic E-state index is 5.22. The molecule has 0 aliphatic heterocycles. The third-order valence-corrected chi connectivity index (χ3v) is 4.78. The second kappa shape index (κ2) is 12.2. The van der Waals surface area contributed by atoms with Gasteiger partial charge in [-0.3, -0.25) is 4.99 Å². The number of hydrogen-bond acceptors (Lipinski definition) is 3. The molecule has 1 heterocycles. The Bertz CT molecular complexity index is 909. The van der Waals surface area contributed by atoms with Gasteiger partial charge >= 0.3 is 0 Å². The molecule has 0 atom stereocenters. The SMILES string of the molecule is CN=C(NCCc1nccn1Cc1ccccc1)N(C)Cc1ccc(OC)cc1.I. The second-order valence-corrected chi connectivity index (χ2v) is 6.89. The topological polar surface area (TPSA) is 54.7 Å². The van der Waals surface area contributed by atoms with Gasteiger partial charge in [0.2, 0.25) is 0 Å². The average Bonchev–Trinajstić information content (AvgIpc) is 3.19. The quantitative estimate of drug-likeness (QED) is 0.280. The molecule has 30 heavy (non-hydrogen) atoms. The Morgan fingerprint density at radius 2 is 1.83 bits per heavy atom. The standard InChI is InChI=1S/C23H29N5O.HI/c1-24-23(27(2)17-20-9-11-21(29-3)12-10-20)26-14-13-22-25-15-16-28(22)18-19-7-5-4-6-8-19;/h4-12,15-16H,13-14,17-18H2,1-3H3,(H,24,26);1H. The molecule has 0 fully saturated rings. The largest absolute Gasteiger partial charge is 0.497 e. The highest BCUT2D eigenvalue weighted by atomic mass is 127. The summed E-state index contributed by atoms with van der Waals surface area (Å²) in [5, 5.41) is 3.44. The van der Waals surface area contributed by atoms with E-state index in [1.165, 1.54) is 11.1 Å². The number of benzene rings is 2.